The third kappa shape index (κ3) is 7.02. The van der Waals surface area contributed by atoms with Gasteiger partial charge in [0, 0.05) is 13.7 Å². The molecule has 0 amide bonds. The van der Waals surface area contributed by atoms with Crippen LogP contribution in [0.5, 0.6) is 0 Å². The molecule has 0 aliphatic carbocycles. The Morgan fingerprint density at radius 2 is 2.24 bits per heavy atom. The quantitative estimate of drug-likeness (QED) is 0.659. The van der Waals surface area contributed by atoms with E-state index in [4.69, 9.17) is 4.74 Å². The molecule has 0 bridgehead atoms. The van der Waals surface area contributed by atoms with Gasteiger partial charge in [-0.3, -0.25) is 0 Å². The molecule has 17 heavy (non-hydrogen) atoms. The van der Waals surface area contributed by atoms with Gasteiger partial charge in [0.1, 0.15) is 0 Å². The lowest BCUT2D eigenvalue weighted by molar-refractivity contribution is 0.0901. The highest BCUT2D eigenvalue weighted by Gasteiger charge is 2.18. The van der Waals surface area contributed by atoms with E-state index < -0.39 is 0 Å². The number of rotatable bonds is 8. The summed E-state index contributed by atoms with van der Waals surface area (Å²) < 4.78 is 5.26. The van der Waals surface area contributed by atoms with E-state index in [1.165, 1.54) is 38.9 Å². The standard InChI is InChI=1S/C14H30N2O/c1-13(2)10-15-7-5-9-16-8-4-6-14(11-16)12-17-3/h13-15H,4-12H2,1-3H3. The van der Waals surface area contributed by atoms with Crippen molar-refractivity contribution in [1.29, 1.82) is 0 Å². The van der Waals surface area contributed by atoms with Gasteiger partial charge in [-0.1, -0.05) is 13.8 Å². The lowest BCUT2D eigenvalue weighted by Crippen LogP contribution is -2.38. The van der Waals surface area contributed by atoms with E-state index in [0.29, 0.717) is 0 Å². The maximum atomic E-state index is 5.26. The van der Waals surface area contributed by atoms with Crippen molar-refractivity contribution in [3.8, 4) is 0 Å². The van der Waals surface area contributed by atoms with Gasteiger partial charge >= 0.3 is 0 Å². The number of nitrogens with one attached hydrogen (secondary N) is 1. The Morgan fingerprint density at radius 1 is 1.41 bits per heavy atom. The molecule has 1 unspecified atom stereocenters. The van der Waals surface area contributed by atoms with Gasteiger partial charge < -0.3 is 15.0 Å². The van der Waals surface area contributed by atoms with Gasteiger partial charge in [0.2, 0.25) is 0 Å². The number of hydrogen-bond donors (Lipinski definition) is 1. The van der Waals surface area contributed by atoms with Crippen LogP contribution in [-0.2, 0) is 4.74 Å². The van der Waals surface area contributed by atoms with Crippen molar-refractivity contribution in [1.82, 2.24) is 10.2 Å². The van der Waals surface area contributed by atoms with E-state index in [2.05, 4.69) is 24.1 Å². The smallest absolute Gasteiger partial charge is 0.0502 e. The average molecular weight is 242 g/mol. The van der Waals surface area contributed by atoms with Crippen molar-refractivity contribution in [3.05, 3.63) is 0 Å². The van der Waals surface area contributed by atoms with Crippen LogP contribution in [0, 0.1) is 11.8 Å². The monoisotopic (exact) mass is 242 g/mol. The second kappa shape index (κ2) is 8.90. The Balaban J connectivity index is 2.02. The lowest BCUT2D eigenvalue weighted by Gasteiger charge is -2.32. The largest absolute Gasteiger partial charge is 0.384 e. The van der Waals surface area contributed by atoms with Crippen molar-refractivity contribution < 1.29 is 4.74 Å². The average Bonchev–Trinajstić information content (AvgIpc) is 2.29. The van der Waals surface area contributed by atoms with Crippen molar-refractivity contribution in [2.24, 2.45) is 11.8 Å². The highest BCUT2D eigenvalue weighted by atomic mass is 16.5. The first kappa shape index (κ1) is 14.9. The fourth-order valence-electron chi connectivity index (χ4n) is 2.54. The molecular weight excluding hydrogens is 212 g/mol. The molecule has 3 nitrogen and oxygen atoms in total. The Morgan fingerprint density at radius 3 is 2.94 bits per heavy atom. The number of methoxy groups -OCH3 is 1. The normalized spacial score (nSPS) is 22.2. The van der Waals surface area contributed by atoms with E-state index in [-0.39, 0.29) is 0 Å². The number of hydrogen-bond acceptors (Lipinski definition) is 3. The molecule has 1 fully saturated rings. The van der Waals surface area contributed by atoms with Crippen LogP contribution in [0.4, 0.5) is 0 Å². The molecule has 1 saturated heterocycles. The maximum Gasteiger partial charge on any atom is 0.0502 e. The second-order valence-corrected chi connectivity index (χ2v) is 5.72. The Kier molecular flexibility index (Phi) is 7.82. The number of ether oxygens (including phenoxy) is 1. The molecular formula is C14H30N2O. The van der Waals surface area contributed by atoms with Crippen LogP contribution in [0.15, 0.2) is 0 Å². The van der Waals surface area contributed by atoms with Crippen molar-refractivity contribution in [3.63, 3.8) is 0 Å². The summed E-state index contributed by atoms with van der Waals surface area (Å²) >= 11 is 0. The first-order valence-corrected chi connectivity index (χ1v) is 7.14. The summed E-state index contributed by atoms with van der Waals surface area (Å²) in [7, 11) is 1.81. The fraction of sp³-hybridized carbons (Fsp3) is 1.00. The zero-order chi connectivity index (χ0) is 12.5. The van der Waals surface area contributed by atoms with Gasteiger partial charge in [-0.05, 0) is 57.3 Å². The minimum Gasteiger partial charge on any atom is -0.384 e. The molecule has 0 aromatic carbocycles. The minimum absolute atomic E-state index is 0.760. The predicted octanol–water partition coefficient (Wildman–Crippen LogP) is 1.98. The molecule has 1 aliphatic rings. The molecule has 1 heterocycles. The predicted molar refractivity (Wildman–Crippen MR) is 73.4 cm³/mol. The summed E-state index contributed by atoms with van der Waals surface area (Å²) in [5, 5.41) is 3.51. The third-order valence-corrected chi connectivity index (χ3v) is 3.39. The molecule has 1 atom stereocenters. The summed E-state index contributed by atoms with van der Waals surface area (Å²) in [4.78, 5) is 2.60. The van der Waals surface area contributed by atoms with Crippen molar-refractivity contribution in [2.75, 3.05) is 46.4 Å². The van der Waals surface area contributed by atoms with Crippen molar-refractivity contribution >= 4 is 0 Å². The van der Waals surface area contributed by atoms with Gasteiger partial charge in [-0.25, -0.2) is 0 Å². The SMILES string of the molecule is COCC1CCCN(CCCNCC(C)C)C1. The minimum atomic E-state index is 0.760. The fourth-order valence-corrected chi connectivity index (χ4v) is 2.54. The van der Waals surface area contributed by atoms with Gasteiger partial charge in [0.05, 0.1) is 6.61 Å². The highest BCUT2D eigenvalue weighted by Crippen LogP contribution is 2.16. The number of nitrogens with zero attached hydrogens (tertiary/aromatic N) is 1. The zero-order valence-electron chi connectivity index (χ0n) is 11.9. The molecule has 0 aromatic rings. The molecule has 3 heteroatoms. The molecule has 102 valence electrons. The maximum absolute atomic E-state index is 5.26. The molecule has 0 saturated carbocycles. The zero-order valence-corrected chi connectivity index (χ0v) is 11.9. The summed E-state index contributed by atoms with van der Waals surface area (Å²) in [5.74, 6) is 1.52. The summed E-state index contributed by atoms with van der Waals surface area (Å²) in [6, 6.07) is 0. The van der Waals surface area contributed by atoms with Crippen LogP contribution in [0.25, 0.3) is 0 Å². The van der Waals surface area contributed by atoms with E-state index in [9.17, 15) is 0 Å². The van der Waals surface area contributed by atoms with Crippen LogP contribution >= 0.6 is 0 Å². The lowest BCUT2D eigenvalue weighted by atomic mass is 9.99. The van der Waals surface area contributed by atoms with Crippen LogP contribution in [0.2, 0.25) is 0 Å². The third-order valence-electron chi connectivity index (χ3n) is 3.39. The van der Waals surface area contributed by atoms with Crippen molar-refractivity contribution in [2.45, 2.75) is 33.1 Å². The van der Waals surface area contributed by atoms with E-state index in [1.54, 1.807) is 0 Å². The van der Waals surface area contributed by atoms with Gasteiger partial charge in [-0.2, -0.15) is 0 Å². The van der Waals surface area contributed by atoms with E-state index in [0.717, 1.165) is 31.5 Å². The Labute approximate surface area is 107 Å². The molecule has 1 aliphatic heterocycles. The first-order chi connectivity index (χ1) is 8.22. The number of likely N-dealkylation sites (tertiary alicyclic amines) is 1. The summed E-state index contributed by atoms with van der Waals surface area (Å²) in [5.41, 5.74) is 0. The summed E-state index contributed by atoms with van der Waals surface area (Å²) in [6.45, 7) is 11.5. The molecule has 0 radical (unpaired) electrons. The van der Waals surface area contributed by atoms with Crippen LogP contribution in [0.3, 0.4) is 0 Å². The van der Waals surface area contributed by atoms with Gasteiger partial charge in [0.15, 0.2) is 0 Å². The second-order valence-electron chi connectivity index (χ2n) is 5.72. The van der Waals surface area contributed by atoms with E-state index in [1.807, 2.05) is 7.11 Å². The number of piperidine rings is 1. The van der Waals surface area contributed by atoms with Crippen LogP contribution in [-0.4, -0.2) is 51.3 Å². The van der Waals surface area contributed by atoms with E-state index >= 15 is 0 Å². The molecule has 1 rings (SSSR count). The molecule has 1 N–H and O–H groups in total. The van der Waals surface area contributed by atoms with Crippen LogP contribution < -0.4 is 5.32 Å². The summed E-state index contributed by atoms with van der Waals surface area (Å²) in [6.07, 6.45) is 3.95. The Bertz CT molecular complexity index is 183. The molecule has 0 aromatic heterocycles. The van der Waals surface area contributed by atoms with Gasteiger partial charge in [0.25, 0.3) is 0 Å². The highest BCUT2D eigenvalue weighted by molar-refractivity contribution is 4.72. The van der Waals surface area contributed by atoms with Crippen LogP contribution in [0.1, 0.15) is 33.1 Å². The Hall–Kier alpha value is -0.120. The molecule has 0 spiro atoms. The topological polar surface area (TPSA) is 24.5 Å². The van der Waals surface area contributed by atoms with Gasteiger partial charge in [-0.15, -0.1) is 0 Å². The first-order valence-electron chi connectivity index (χ1n) is 7.14.